The van der Waals surface area contributed by atoms with Gasteiger partial charge in [0.15, 0.2) is 24.8 Å². The SMILES string of the molecule is CCCCC[n+]1ccc(-c2ccc(-c3cc[n+](CCCCC)cc3)s2)cc1.[I-].[I-]. The van der Waals surface area contributed by atoms with Crippen molar-refractivity contribution >= 4 is 11.3 Å². The molecule has 0 aliphatic carbocycles. The van der Waals surface area contributed by atoms with Crippen molar-refractivity contribution in [1.82, 2.24) is 0 Å². The minimum Gasteiger partial charge on any atom is -1.00 e. The lowest BCUT2D eigenvalue weighted by Gasteiger charge is -2.00. The third-order valence-electron chi connectivity index (χ3n) is 5.00. The number of unbranched alkanes of at least 4 members (excludes halogenated alkanes) is 4. The summed E-state index contributed by atoms with van der Waals surface area (Å²) in [6.45, 7) is 6.74. The van der Waals surface area contributed by atoms with Crippen LogP contribution in [0, 0.1) is 0 Å². The zero-order valence-corrected chi connectivity index (χ0v) is 22.6. The van der Waals surface area contributed by atoms with Crippen LogP contribution in [0.15, 0.2) is 61.2 Å². The minimum absolute atomic E-state index is 0. The molecule has 0 N–H and O–H groups in total. The van der Waals surface area contributed by atoms with Crippen molar-refractivity contribution in [1.29, 1.82) is 0 Å². The number of aromatic nitrogens is 2. The van der Waals surface area contributed by atoms with E-state index in [1.807, 2.05) is 11.3 Å². The molecule has 0 fully saturated rings. The van der Waals surface area contributed by atoms with Crippen molar-refractivity contribution in [2.75, 3.05) is 0 Å². The molecule has 3 aromatic rings. The molecule has 0 spiro atoms. The predicted octanol–water partition coefficient (Wildman–Crippen LogP) is 0.0455. The molecule has 29 heavy (non-hydrogen) atoms. The first-order valence-electron chi connectivity index (χ1n) is 10.4. The van der Waals surface area contributed by atoms with Gasteiger partial charge in [-0.1, -0.05) is 26.7 Å². The van der Waals surface area contributed by atoms with E-state index < -0.39 is 0 Å². The first-order valence-corrected chi connectivity index (χ1v) is 11.2. The molecule has 0 aromatic carbocycles. The summed E-state index contributed by atoms with van der Waals surface area (Å²) < 4.78 is 4.59. The van der Waals surface area contributed by atoms with Crippen LogP contribution in [0.3, 0.4) is 0 Å². The van der Waals surface area contributed by atoms with Crippen LogP contribution in [0.25, 0.3) is 20.9 Å². The van der Waals surface area contributed by atoms with Crippen LogP contribution in [0.2, 0.25) is 0 Å². The van der Waals surface area contributed by atoms with Gasteiger partial charge in [0.2, 0.25) is 0 Å². The Morgan fingerprint density at radius 3 is 1.31 bits per heavy atom. The van der Waals surface area contributed by atoms with Crippen LogP contribution in [0.4, 0.5) is 0 Å². The summed E-state index contributed by atoms with van der Waals surface area (Å²) in [6.07, 6.45) is 16.5. The van der Waals surface area contributed by atoms with Crippen molar-refractivity contribution < 1.29 is 57.1 Å². The van der Waals surface area contributed by atoms with Gasteiger partial charge in [-0.25, -0.2) is 9.13 Å². The van der Waals surface area contributed by atoms with Gasteiger partial charge in [-0.2, -0.15) is 0 Å². The normalized spacial score (nSPS) is 10.3. The molecule has 0 bridgehead atoms. The van der Waals surface area contributed by atoms with Gasteiger partial charge < -0.3 is 48.0 Å². The fourth-order valence-corrected chi connectivity index (χ4v) is 4.30. The van der Waals surface area contributed by atoms with Crippen LogP contribution >= 0.6 is 11.3 Å². The summed E-state index contributed by atoms with van der Waals surface area (Å²) in [7, 11) is 0. The molecule has 0 amide bonds. The molecule has 2 nitrogen and oxygen atoms in total. The lowest BCUT2D eigenvalue weighted by Crippen LogP contribution is -3.00. The smallest absolute Gasteiger partial charge is 0.169 e. The summed E-state index contributed by atoms with van der Waals surface area (Å²) >= 11 is 1.88. The summed E-state index contributed by atoms with van der Waals surface area (Å²) in [5.74, 6) is 0. The van der Waals surface area contributed by atoms with Crippen molar-refractivity contribution in [3.63, 3.8) is 0 Å². The van der Waals surface area contributed by atoms with Crippen LogP contribution in [0.5, 0.6) is 0 Å². The Hall–Kier alpha value is -0.540. The number of rotatable bonds is 10. The number of thiophene rings is 1. The molecule has 5 heteroatoms. The molecule has 0 saturated heterocycles. The first kappa shape index (κ1) is 26.5. The van der Waals surface area contributed by atoms with E-state index in [1.54, 1.807) is 0 Å². The summed E-state index contributed by atoms with van der Waals surface area (Å²) in [5.41, 5.74) is 2.62. The average molecular weight is 634 g/mol. The van der Waals surface area contributed by atoms with Gasteiger partial charge in [-0.15, -0.1) is 11.3 Å². The van der Waals surface area contributed by atoms with Gasteiger partial charge in [0.05, 0.1) is 0 Å². The van der Waals surface area contributed by atoms with E-state index in [-0.39, 0.29) is 48.0 Å². The zero-order chi connectivity index (χ0) is 18.9. The third kappa shape index (κ3) is 8.25. The average Bonchev–Trinajstić information content (AvgIpc) is 3.20. The molecular formula is C24H32I2N2S. The number of hydrogen-bond acceptors (Lipinski definition) is 1. The number of halogens is 2. The Kier molecular flexibility index (Phi) is 13.2. The second kappa shape index (κ2) is 14.5. The van der Waals surface area contributed by atoms with Gasteiger partial charge in [0.1, 0.15) is 13.1 Å². The molecule has 0 saturated carbocycles. The van der Waals surface area contributed by atoms with Crippen LogP contribution in [-0.4, -0.2) is 0 Å². The molecule has 3 heterocycles. The van der Waals surface area contributed by atoms with E-state index in [4.69, 9.17) is 0 Å². The second-order valence-corrected chi connectivity index (χ2v) is 8.31. The van der Waals surface area contributed by atoms with E-state index in [9.17, 15) is 0 Å². The lowest BCUT2D eigenvalue weighted by atomic mass is 10.2. The highest BCUT2D eigenvalue weighted by atomic mass is 127. The summed E-state index contributed by atoms with van der Waals surface area (Å²) in [6, 6.07) is 13.5. The van der Waals surface area contributed by atoms with Gasteiger partial charge in [-0.3, -0.25) is 0 Å². The summed E-state index contributed by atoms with van der Waals surface area (Å²) in [5, 5.41) is 0. The van der Waals surface area contributed by atoms with E-state index in [0.29, 0.717) is 0 Å². The highest BCUT2D eigenvalue weighted by molar-refractivity contribution is 7.18. The maximum Gasteiger partial charge on any atom is 0.169 e. The van der Waals surface area contributed by atoms with Gasteiger partial charge in [0, 0.05) is 58.0 Å². The topological polar surface area (TPSA) is 7.76 Å². The Bertz CT molecular complexity index is 746. The van der Waals surface area contributed by atoms with Crippen LogP contribution in [0.1, 0.15) is 52.4 Å². The maximum atomic E-state index is 2.29. The number of hydrogen-bond donors (Lipinski definition) is 0. The molecule has 0 atom stereocenters. The fourth-order valence-electron chi connectivity index (χ4n) is 3.28. The van der Waals surface area contributed by atoms with E-state index >= 15 is 0 Å². The molecule has 0 aliphatic rings. The number of pyridine rings is 2. The number of nitrogens with zero attached hydrogens (tertiary/aromatic N) is 2. The second-order valence-electron chi connectivity index (χ2n) is 7.23. The highest BCUT2D eigenvalue weighted by Gasteiger charge is 2.09. The van der Waals surface area contributed by atoms with Crippen molar-refractivity contribution in [3.8, 4) is 20.9 Å². The Balaban J connectivity index is 0.00000210. The van der Waals surface area contributed by atoms with Gasteiger partial charge in [-0.05, 0) is 25.0 Å². The van der Waals surface area contributed by atoms with Gasteiger partial charge in [0.25, 0.3) is 0 Å². The maximum absolute atomic E-state index is 2.29. The van der Waals surface area contributed by atoms with Gasteiger partial charge >= 0.3 is 0 Å². The predicted molar refractivity (Wildman–Crippen MR) is 115 cm³/mol. The zero-order valence-electron chi connectivity index (χ0n) is 17.5. The van der Waals surface area contributed by atoms with Crippen LogP contribution < -0.4 is 57.1 Å². The quantitative estimate of drug-likeness (QED) is 0.169. The standard InChI is InChI=1S/C24H32N2S.2HI/c1-3-5-7-15-25-17-11-21(12-18-25)23-9-10-24(27-23)22-13-19-26(20-14-22)16-8-6-4-2;;/h9-14,17-20H,3-8,15-16H2,1-2H3;2*1H/q+2;;/p-2. The molecule has 158 valence electrons. The monoisotopic (exact) mass is 634 g/mol. The Morgan fingerprint density at radius 1 is 0.586 bits per heavy atom. The molecule has 3 aromatic heterocycles. The van der Waals surface area contributed by atoms with E-state index in [1.165, 1.54) is 59.4 Å². The van der Waals surface area contributed by atoms with Crippen LogP contribution in [-0.2, 0) is 13.1 Å². The summed E-state index contributed by atoms with van der Waals surface area (Å²) in [4.78, 5) is 2.68. The molecule has 0 aliphatic heterocycles. The highest BCUT2D eigenvalue weighted by Crippen LogP contribution is 2.33. The van der Waals surface area contributed by atoms with Crippen molar-refractivity contribution in [2.24, 2.45) is 0 Å². The Labute approximate surface area is 214 Å². The molecule has 3 rings (SSSR count). The van der Waals surface area contributed by atoms with Crippen molar-refractivity contribution in [3.05, 3.63) is 61.2 Å². The molecule has 0 unspecified atom stereocenters. The third-order valence-corrected chi connectivity index (χ3v) is 6.18. The minimum atomic E-state index is 0. The van der Waals surface area contributed by atoms with E-state index in [0.717, 1.165) is 13.1 Å². The lowest BCUT2D eigenvalue weighted by molar-refractivity contribution is -0.697. The Morgan fingerprint density at radius 2 is 0.966 bits per heavy atom. The largest absolute Gasteiger partial charge is 1.00 e. The molecular weight excluding hydrogens is 602 g/mol. The number of aryl methyl sites for hydroxylation is 2. The van der Waals surface area contributed by atoms with E-state index in [2.05, 4.69) is 84.2 Å². The first-order chi connectivity index (χ1) is 13.3. The fraction of sp³-hybridized carbons (Fsp3) is 0.417. The molecule has 0 radical (unpaired) electrons. The van der Waals surface area contributed by atoms with Crippen molar-refractivity contribution in [2.45, 2.75) is 65.5 Å².